The first kappa shape index (κ1) is 30.5. The van der Waals surface area contributed by atoms with Gasteiger partial charge in [0.2, 0.25) is 0 Å². The van der Waals surface area contributed by atoms with Gasteiger partial charge in [0.1, 0.15) is 23.3 Å². The molecule has 3 aromatic carbocycles. The van der Waals surface area contributed by atoms with Crippen LogP contribution in [0.1, 0.15) is 54.1 Å². The van der Waals surface area contributed by atoms with Crippen LogP contribution in [0.3, 0.4) is 0 Å². The fraction of sp³-hybridized carbons (Fsp3) is 0.167. The Bertz CT molecular complexity index is 2160. The third-order valence-corrected chi connectivity index (χ3v) is 8.26. The Kier molecular flexibility index (Phi) is 8.54. The lowest BCUT2D eigenvalue weighted by molar-refractivity contribution is -0.138. The average Bonchev–Trinajstić information content (AvgIpc) is 3.64. The summed E-state index contributed by atoms with van der Waals surface area (Å²) in [7, 11) is 0. The molecule has 2 aromatic heterocycles. The highest BCUT2D eigenvalue weighted by atomic mass is 32.1. The molecule has 5 aromatic rings. The zero-order chi connectivity index (χ0) is 32.4. The highest BCUT2D eigenvalue weighted by Crippen LogP contribution is 2.39. The number of benzene rings is 3. The molecule has 0 fully saturated rings. The molecule has 0 aliphatic carbocycles. The van der Waals surface area contributed by atoms with Crippen molar-refractivity contribution in [2.75, 3.05) is 6.61 Å². The van der Waals surface area contributed by atoms with Crippen molar-refractivity contribution >= 4 is 35.0 Å². The number of nitrogens with zero attached hydrogens (tertiary/aromatic N) is 2. The van der Waals surface area contributed by atoms with Crippen LogP contribution < -0.4 is 19.6 Å². The summed E-state index contributed by atoms with van der Waals surface area (Å²) >= 11 is 1.16. The maximum atomic E-state index is 14.3. The van der Waals surface area contributed by atoms with Crippen LogP contribution >= 0.6 is 11.3 Å². The molecule has 232 valence electrons. The summed E-state index contributed by atoms with van der Waals surface area (Å²) in [6.45, 7) is 5.68. The van der Waals surface area contributed by atoms with Crippen LogP contribution in [-0.2, 0) is 9.53 Å². The Labute approximate surface area is 268 Å². The van der Waals surface area contributed by atoms with E-state index in [1.54, 1.807) is 43.3 Å². The molecular weight excluding hydrogens is 604 g/mol. The maximum absolute atomic E-state index is 14.3. The molecule has 0 radical (unpaired) electrons. The number of rotatable bonds is 9. The van der Waals surface area contributed by atoms with E-state index in [4.69, 9.17) is 18.9 Å². The monoisotopic (exact) mass is 634 g/mol. The van der Waals surface area contributed by atoms with Crippen LogP contribution in [0, 0.1) is 0 Å². The summed E-state index contributed by atoms with van der Waals surface area (Å²) in [6.07, 6.45) is 1.43. The SMILES string of the molecule is CCOC(=O)C1=C(c2ccccc2)N=c2s/c(=C/c3ccc(-c4ccccc4C(=O)O)o3)c(=O)n2[C@H]1c1ccccc1OC(C)C. The normalized spacial score (nSPS) is 14.6. The van der Waals surface area contributed by atoms with Gasteiger partial charge in [-0.2, -0.15) is 0 Å². The van der Waals surface area contributed by atoms with Crippen molar-refractivity contribution in [2.24, 2.45) is 4.99 Å². The first-order valence-corrected chi connectivity index (χ1v) is 15.5. The summed E-state index contributed by atoms with van der Waals surface area (Å²) in [5.41, 5.74) is 2.07. The third-order valence-electron chi connectivity index (χ3n) is 7.27. The Hall–Kier alpha value is -5.48. The lowest BCUT2D eigenvalue weighted by Crippen LogP contribution is -2.40. The number of hydrogen-bond donors (Lipinski definition) is 1. The highest BCUT2D eigenvalue weighted by molar-refractivity contribution is 7.07. The van der Waals surface area contributed by atoms with Gasteiger partial charge in [0.15, 0.2) is 4.80 Å². The molecule has 0 unspecified atom stereocenters. The zero-order valence-electron chi connectivity index (χ0n) is 25.3. The van der Waals surface area contributed by atoms with Crippen LogP contribution in [0.2, 0.25) is 0 Å². The number of carbonyl (C=O) groups is 2. The predicted molar refractivity (Wildman–Crippen MR) is 174 cm³/mol. The Balaban J connectivity index is 1.58. The second kappa shape index (κ2) is 12.9. The number of carboxylic acids is 1. The van der Waals surface area contributed by atoms with Gasteiger partial charge in [-0.3, -0.25) is 9.36 Å². The van der Waals surface area contributed by atoms with Gasteiger partial charge in [-0.05, 0) is 45.0 Å². The lowest BCUT2D eigenvalue weighted by atomic mass is 9.92. The summed E-state index contributed by atoms with van der Waals surface area (Å²) in [5.74, 6) is -0.424. The van der Waals surface area contributed by atoms with Crippen molar-refractivity contribution in [1.82, 2.24) is 4.57 Å². The van der Waals surface area contributed by atoms with Gasteiger partial charge >= 0.3 is 11.9 Å². The molecule has 0 spiro atoms. The minimum absolute atomic E-state index is 0.102. The van der Waals surface area contributed by atoms with Gasteiger partial charge in [0, 0.05) is 22.8 Å². The number of carboxylic acid groups (broad SMARTS) is 1. The van der Waals surface area contributed by atoms with Gasteiger partial charge in [0.05, 0.1) is 34.1 Å². The molecule has 9 nitrogen and oxygen atoms in total. The molecule has 3 heterocycles. The molecule has 6 rings (SSSR count). The van der Waals surface area contributed by atoms with Crippen LogP contribution in [0.15, 0.2) is 111 Å². The molecular formula is C36H30N2O7S. The molecule has 0 saturated carbocycles. The van der Waals surface area contributed by atoms with Gasteiger partial charge in [-0.25, -0.2) is 14.6 Å². The summed E-state index contributed by atoms with van der Waals surface area (Å²) in [6, 6.07) is 25.6. The van der Waals surface area contributed by atoms with E-state index in [-0.39, 0.29) is 29.4 Å². The molecule has 46 heavy (non-hydrogen) atoms. The zero-order valence-corrected chi connectivity index (χ0v) is 26.1. The molecule has 1 aliphatic heterocycles. The number of aromatic carboxylic acids is 1. The van der Waals surface area contributed by atoms with E-state index in [9.17, 15) is 19.5 Å². The molecule has 0 saturated heterocycles. The van der Waals surface area contributed by atoms with Crippen molar-refractivity contribution in [2.45, 2.75) is 32.9 Å². The Morgan fingerprint density at radius 2 is 1.72 bits per heavy atom. The van der Waals surface area contributed by atoms with E-state index >= 15 is 0 Å². The van der Waals surface area contributed by atoms with Gasteiger partial charge in [-0.1, -0.05) is 78.1 Å². The van der Waals surface area contributed by atoms with E-state index in [2.05, 4.69) is 0 Å². The highest BCUT2D eigenvalue weighted by Gasteiger charge is 2.36. The standard InChI is InChI=1S/C36H30N2O7S/c1-4-43-35(42)30-31(22-12-6-5-7-13-22)37-36-38(32(30)26-16-10-11-17-27(26)44-21(2)3)33(39)29(46-36)20-23-18-19-28(45-23)24-14-8-9-15-25(24)34(40)41/h5-21,32H,4H2,1-3H3,(H,40,41)/b29-20+/t32-/m0/s1. The molecule has 0 bridgehead atoms. The number of fused-ring (bicyclic) bond motifs is 1. The van der Waals surface area contributed by atoms with E-state index in [0.717, 1.165) is 11.3 Å². The topological polar surface area (TPSA) is 120 Å². The van der Waals surface area contributed by atoms with Crippen molar-refractivity contribution < 1.29 is 28.6 Å². The number of hydrogen-bond acceptors (Lipinski definition) is 8. The largest absolute Gasteiger partial charge is 0.491 e. The average molecular weight is 635 g/mol. The number of aromatic nitrogens is 1. The van der Waals surface area contributed by atoms with Crippen LogP contribution in [0.5, 0.6) is 5.75 Å². The van der Waals surface area contributed by atoms with Crippen LogP contribution in [-0.4, -0.2) is 34.3 Å². The smallest absolute Gasteiger partial charge is 0.338 e. The van der Waals surface area contributed by atoms with Gasteiger partial charge in [-0.15, -0.1) is 0 Å². The van der Waals surface area contributed by atoms with Gasteiger partial charge < -0.3 is 19.0 Å². The molecule has 1 N–H and O–H groups in total. The van der Waals surface area contributed by atoms with Crippen molar-refractivity contribution in [3.8, 4) is 17.1 Å². The van der Waals surface area contributed by atoms with Crippen LogP contribution in [0.4, 0.5) is 0 Å². The second-order valence-electron chi connectivity index (χ2n) is 10.7. The minimum atomic E-state index is -1.07. The third kappa shape index (κ3) is 5.82. The van der Waals surface area contributed by atoms with Crippen LogP contribution in [0.25, 0.3) is 23.1 Å². The fourth-order valence-electron chi connectivity index (χ4n) is 5.39. The second-order valence-corrected chi connectivity index (χ2v) is 11.7. The maximum Gasteiger partial charge on any atom is 0.338 e. The van der Waals surface area contributed by atoms with Crippen molar-refractivity contribution in [3.63, 3.8) is 0 Å². The van der Waals surface area contributed by atoms with E-state index in [1.165, 1.54) is 10.6 Å². The summed E-state index contributed by atoms with van der Waals surface area (Å²) in [4.78, 5) is 45.1. The number of esters is 1. The molecule has 1 aliphatic rings. The Morgan fingerprint density at radius 3 is 2.46 bits per heavy atom. The number of thiazole rings is 1. The van der Waals surface area contributed by atoms with Crippen molar-refractivity contribution in [1.29, 1.82) is 0 Å². The summed E-state index contributed by atoms with van der Waals surface area (Å²) < 4.78 is 19.6. The number of ether oxygens (including phenoxy) is 2. The molecule has 0 amide bonds. The molecule has 1 atom stereocenters. The minimum Gasteiger partial charge on any atom is -0.491 e. The first-order valence-electron chi connectivity index (χ1n) is 14.7. The van der Waals surface area contributed by atoms with E-state index < -0.39 is 18.0 Å². The van der Waals surface area contributed by atoms with Crippen molar-refractivity contribution in [3.05, 3.63) is 139 Å². The van der Waals surface area contributed by atoms with E-state index in [0.29, 0.717) is 49.0 Å². The Morgan fingerprint density at radius 1 is 1.00 bits per heavy atom. The lowest BCUT2D eigenvalue weighted by Gasteiger charge is -2.27. The number of carbonyl (C=O) groups excluding carboxylic acids is 1. The number of para-hydroxylation sites is 1. The van der Waals surface area contributed by atoms with Gasteiger partial charge in [0.25, 0.3) is 5.56 Å². The quantitative estimate of drug-likeness (QED) is 0.207. The molecule has 10 heteroatoms. The summed E-state index contributed by atoms with van der Waals surface area (Å²) in [5, 5.41) is 9.64. The first-order chi connectivity index (χ1) is 22.3. The fourth-order valence-corrected chi connectivity index (χ4v) is 6.37. The van der Waals surface area contributed by atoms with E-state index in [1.807, 2.05) is 68.4 Å². The number of furan rings is 1. The predicted octanol–water partition coefficient (Wildman–Crippen LogP) is 5.68.